The summed E-state index contributed by atoms with van der Waals surface area (Å²) in [6.45, 7) is 8.54. The number of nitrogens with zero attached hydrogens (tertiary/aromatic N) is 3. The fourth-order valence-corrected chi connectivity index (χ4v) is 5.72. The molecule has 0 aliphatic heterocycles. The Morgan fingerprint density at radius 2 is 1.71 bits per heavy atom. The standard InChI is InChI=1S/C23H25N5O2S.2C2H6/c29-31(30,20-13-26-28(16-20)15-17-5-2-1-3-6-17)27-19-10-8-18(9-11-19)22-14-25-23-21(22)7-4-12-24-23;2*1-2/h1-7,12-14,16,18-19,27H,8-11,15H2,(H,24,25);2*1-2H3. The molecule has 4 aromatic rings. The maximum atomic E-state index is 12.9. The van der Waals surface area contributed by atoms with Gasteiger partial charge in [-0.2, -0.15) is 5.10 Å². The van der Waals surface area contributed by atoms with Gasteiger partial charge >= 0.3 is 0 Å². The van der Waals surface area contributed by atoms with Crippen molar-refractivity contribution in [2.75, 3.05) is 0 Å². The number of aromatic nitrogens is 4. The van der Waals surface area contributed by atoms with Gasteiger partial charge in [0.2, 0.25) is 10.0 Å². The number of hydrogen-bond acceptors (Lipinski definition) is 4. The van der Waals surface area contributed by atoms with E-state index in [1.807, 2.05) is 70.3 Å². The van der Waals surface area contributed by atoms with E-state index < -0.39 is 10.0 Å². The summed E-state index contributed by atoms with van der Waals surface area (Å²) in [5, 5.41) is 5.40. The minimum Gasteiger partial charge on any atom is -0.346 e. The summed E-state index contributed by atoms with van der Waals surface area (Å²) in [5.41, 5.74) is 3.27. The normalized spacial score (nSPS) is 17.7. The highest BCUT2D eigenvalue weighted by Gasteiger charge is 2.28. The molecule has 0 spiro atoms. The molecule has 0 atom stereocenters. The molecule has 1 aliphatic rings. The van der Waals surface area contributed by atoms with E-state index in [1.54, 1.807) is 17.1 Å². The Labute approximate surface area is 209 Å². The molecule has 0 amide bonds. The van der Waals surface area contributed by atoms with Crippen molar-refractivity contribution in [3.63, 3.8) is 0 Å². The average molecular weight is 496 g/mol. The molecule has 1 fully saturated rings. The van der Waals surface area contributed by atoms with Crippen LogP contribution in [0.25, 0.3) is 11.0 Å². The molecule has 2 N–H and O–H groups in total. The van der Waals surface area contributed by atoms with Gasteiger partial charge in [-0.1, -0.05) is 58.0 Å². The quantitative estimate of drug-likeness (QED) is 0.350. The number of nitrogens with one attached hydrogen (secondary N) is 2. The van der Waals surface area contributed by atoms with Crippen LogP contribution in [0.3, 0.4) is 0 Å². The first-order valence-electron chi connectivity index (χ1n) is 12.6. The Balaban J connectivity index is 0.000000815. The van der Waals surface area contributed by atoms with E-state index in [0.717, 1.165) is 42.3 Å². The second-order valence-corrected chi connectivity index (χ2v) is 9.89. The second kappa shape index (κ2) is 12.7. The molecule has 0 saturated heterocycles. The zero-order valence-electron chi connectivity index (χ0n) is 21.1. The molecule has 35 heavy (non-hydrogen) atoms. The molecule has 5 rings (SSSR count). The van der Waals surface area contributed by atoms with Gasteiger partial charge < -0.3 is 4.98 Å². The van der Waals surface area contributed by atoms with E-state index in [-0.39, 0.29) is 10.9 Å². The van der Waals surface area contributed by atoms with Crippen molar-refractivity contribution in [1.29, 1.82) is 0 Å². The Morgan fingerprint density at radius 1 is 1.00 bits per heavy atom. The highest BCUT2D eigenvalue weighted by Crippen LogP contribution is 2.36. The third kappa shape index (κ3) is 6.58. The van der Waals surface area contributed by atoms with Crippen LogP contribution >= 0.6 is 0 Å². The van der Waals surface area contributed by atoms with Crippen molar-refractivity contribution in [1.82, 2.24) is 24.5 Å². The first-order chi connectivity index (χ1) is 17.1. The van der Waals surface area contributed by atoms with Crippen LogP contribution in [0.4, 0.5) is 0 Å². The molecule has 3 heterocycles. The third-order valence-corrected chi connectivity index (χ3v) is 7.55. The predicted octanol–water partition coefficient (Wildman–Crippen LogP) is 5.86. The molecule has 1 aliphatic carbocycles. The maximum absolute atomic E-state index is 12.9. The average Bonchev–Trinajstić information content (AvgIpc) is 3.55. The van der Waals surface area contributed by atoms with Crippen molar-refractivity contribution < 1.29 is 8.42 Å². The first kappa shape index (κ1) is 26.6. The largest absolute Gasteiger partial charge is 0.346 e. The lowest BCUT2D eigenvalue weighted by atomic mass is 9.82. The van der Waals surface area contributed by atoms with E-state index in [0.29, 0.717) is 12.5 Å². The smallest absolute Gasteiger partial charge is 0.243 e. The number of benzene rings is 1. The molecule has 188 valence electrons. The number of hydrogen-bond donors (Lipinski definition) is 2. The summed E-state index contributed by atoms with van der Waals surface area (Å²) in [5.74, 6) is 0.423. The van der Waals surface area contributed by atoms with Crippen LogP contribution in [0.5, 0.6) is 0 Å². The van der Waals surface area contributed by atoms with Crippen molar-refractivity contribution in [3.05, 3.63) is 78.4 Å². The summed E-state index contributed by atoms with van der Waals surface area (Å²) in [4.78, 5) is 7.83. The van der Waals surface area contributed by atoms with Crippen molar-refractivity contribution in [3.8, 4) is 0 Å². The van der Waals surface area contributed by atoms with Crippen LogP contribution in [-0.2, 0) is 16.6 Å². The fraction of sp³-hybridized carbons (Fsp3) is 0.407. The molecule has 0 unspecified atom stereocenters. The summed E-state index contributed by atoms with van der Waals surface area (Å²) in [6.07, 6.45) is 10.4. The van der Waals surface area contributed by atoms with Gasteiger partial charge in [0, 0.05) is 30.0 Å². The van der Waals surface area contributed by atoms with Gasteiger partial charge in [0.15, 0.2) is 0 Å². The molecular formula is C27H37N5O2S. The van der Waals surface area contributed by atoms with Gasteiger partial charge in [-0.3, -0.25) is 4.68 Å². The lowest BCUT2D eigenvalue weighted by Gasteiger charge is -2.28. The minimum atomic E-state index is -3.59. The molecule has 0 radical (unpaired) electrons. The van der Waals surface area contributed by atoms with Gasteiger partial charge in [0.1, 0.15) is 10.5 Å². The van der Waals surface area contributed by atoms with Crippen LogP contribution in [0, 0.1) is 0 Å². The first-order valence-corrected chi connectivity index (χ1v) is 14.1. The number of sulfonamides is 1. The highest BCUT2D eigenvalue weighted by molar-refractivity contribution is 7.89. The van der Waals surface area contributed by atoms with Gasteiger partial charge in [-0.15, -0.1) is 0 Å². The topological polar surface area (TPSA) is 92.7 Å². The summed E-state index contributed by atoms with van der Waals surface area (Å²) < 4.78 is 30.3. The maximum Gasteiger partial charge on any atom is 0.243 e. The van der Waals surface area contributed by atoms with Crippen LogP contribution < -0.4 is 4.72 Å². The zero-order chi connectivity index (χ0) is 25.3. The molecule has 7 nitrogen and oxygen atoms in total. The van der Waals surface area contributed by atoms with Crippen LogP contribution in [0.1, 0.15) is 70.4 Å². The SMILES string of the molecule is CC.CC.O=S(=O)(NC1CCC(c2c[nH]c3ncccc23)CC1)c1cnn(Cc2ccccc2)c1. The molecule has 8 heteroatoms. The fourth-order valence-electron chi connectivity index (χ4n) is 4.46. The van der Waals surface area contributed by atoms with Crippen LogP contribution in [0.2, 0.25) is 0 Å². The Kier molecular flexibility index (Phi) is 9.63. The second-order valence-electron chi connectivity index (χ2n) is 8.17. The molecule has 3 aromatic heterocycles. The molecule has 1 aromatic carbocycles. The molecular weight excluding hydrogens is 458 g/mol. The van der Waals surface area contributed by atoms with Gasteiger partial charge in [0.05, 0.1) is 12.7 Å². The van der Waals surface area contributed by atoms with Crippen LogP contribution in [-0.4, -0.2) is 34.2 Å². The molecule has 1 saturated carbocycles. The summed E-state index contributed by atoms with van der Waals surface area (Å²) >= 11 is 0. The van der Waals surface area contributed by atoms with E-state index in [4.69, 9.17) is 0 Å². The third-order valence-electron chi connectivity index (χ3n) is 6.08. The van der Waals surface area contributed by atoms with Gasteiger partial charge in [-0.05, 0) is 54.9 Å². The van der Waals surface area contributed by atoms with Crippen molar-refractivity contribution in [2.24, 2.45) is 0 Å². The lowest BCUT2D eigenvalue weighted by Crippen LogP contribution is -2.37. The number of rotatable bonds is 6. The number of aromatic amines is 1. The Bertz CT molecular complexity index is 1270. The van der Waals surface area contributed by atoms with Crippen molar-refractivity contribution >= 4 is 21.1 Å². The monoisotopic (exact) mass is 495 g/mol. The lowest BCUT2D eigenvalue weighted by molar-refractivity contribution is 0.375. The Morgan fingerprint density at radius 3 is 2.43 bits per heavy atom. The van der Waals surface area contributed by atoms with Gasteiger partial charge in [-0.25, -0.2) is 18.1 Å². The predicted molar refractivity (Wildman–Crippen MR) is 142 cm³/mol. The number of fused-ring (bicyclic) bond motifs is 1. The van der Waals surface area contributed by atoms with E-state index in [1.165, 1.54) is 11.8 Å². The van der Waals surface area contributed by atoms with E-state index in [2.05, 4.69) is 25.9 Å². The van der Waals surface area contributed by atoms with E-state index >= 15 is 0 Å². The van der Waals surface area contributed by atoms with Crippen molar-refractivity contribution in [2.45, 2.75) is 76.8 Å². The minimum absolute atomic E-state index is 0.0537. The van der Waals surface area contributed by atoms with Gasteiger partial charge in [0.25, 0.3) is 0 Å². The Hall–Kier alpha value is -2.97. The highest BCUT2D eigenvalue weighted by atomic mass is 32.2. The number of H-pyrrole nitrogens is 1. The molecule has 0 bridgehead atoms. The zero-order valence-corrected chi connectivity index (χ0v) is 21.9. The summed E-state index contributed by atoms with van der Waals surface area (Å²) in [6, 6.07) is 13.9. The summed E-state index contributed by atoms with van der Waals surface area (Å²) in [7, 11) is -3.59. The van der Waals surface area contributed by atoms with Crippen LogP contribution in [0.15, 0.2) is 72.1 Å². The number of pyridine rings is 1. The van der Waals surface area contributed by atoms with E-state index in [9.17, 15) is 8.42 Å².